The van der Waals surface area contributed by atoms with Gasteiger partial charge in [-0.25, -0.2) is 4.98 Å². The topological polar surface area (TPSA) is 89.9 Å². The van der Waals surface area contributed by atoms with E-state index in [1.165, 1.54) is 6.07 Å². The normalized spacial score (nSPS) is 11.4. The zero-order valence-corrected chi connectivity index (χ0v) is 11.3. The van der Waals surface area contributed by atoms with Crippen LogP contribution in [0.25, 0.3) is 0 Å². The highest BCUT2D eigenvalue weighted by molar-refractivity contribution is 7.80. The van der Waals surface area contributed by atoms with Crippen LogP contribution in [-0.4, -0.2) is 26.7 Å². The number of alkyl halides is 3. The number of anilines is 1. The first-order chi connectivity index (χ1) is 9.88. The van der Waals surface area contributed by atoms with Crippen LogP contribution >= 0.6 is 12.2 Å². The fourth-order valence-electron chi connectivity index (χ4n) is 1.55. The molecular weight excluding hydrogens is 307 g/mol. The summed E-state index contributed by atoms with van der Waals surface area (Å²) in [6.45, 7) is 0.253. The van der Waals surface area contributed by atoms with E-state index in [1.807, 2.05) is 0 Å². The highest BCUT2D eigenvalue weighted by Gasteiger charge is 2.33. The van der Waals surface area contributed by atoms with Gasteiger partial charge in [0, 0.05) is 13.0 Å². The maximum absolute atomic E-state index is 12.7. The molecule has 3 N–H and O–H groups in total. The number of thiocarbonyl (C=S) groups is 1. The summed E-state index contributed by atoms with van der Waals surface area (Å²) in [6, 6.07) is 2.02. The smallest absolute Gasteiger partial charge is 0.389 e. The Kier molecular flexibility index (Phi) is 4.36. The van der Waals surface area contributed by atoms with Crippen LogP contribution in [-0.2, 0) is 12.6 Å². The Morgan fingerprint density at radius 2 is 2.14 bits per heavy atom. The fraction of sp³-hybridized carbons (Fsp3) is 0.273. The number of halogens is 3. The number of hydrogen-bond acceptors (Lipinski definition) is 6. The molecule has 2 rings (SSSR count). The molecule has 0 radical (unpaired) electrons. The minimum Gasteiger partial charge on any atom is -0.389 e. The Morgan fingerprint density at radius 1 is 1.38 bits per heavy atom. The summed E-state index contributed by atoms with van der Waals surface area (Å²) < 4.78 is 42.5. The van der Waals surface area contributed by atoms with Gasteiger partial charge < -0.3 is 15.6 Å². The Morgan fingerprint density at radius 3 is 2.71 bits per heavy atom. The van der Waals surface area contributed by atoms with Crippen molar-refractivity contribution in [3.63, 3.8) is 0 Å². The van der Waals surface area contributed by atoms with Crippen LogP contribution in [0.5, 0.6) is 0 Å². The molecule has 0 saturated heterocycles. The van der Waals surface area contributed by atoms with Crippen molar-refractivity contribution in [3.05, 3.63) is 35.6 Å². The van der Waals surface area contributed by atoms with Crippen LogP contribution in [0.2, 0.25) is 0 Å². The first-order valence-electron chi connectivity index (χ1n) is 5.75. The number of pyridine rings is 1. The molecule has 2 aromatic heterocycles. The molecule has 10 heteroatoms. The molecule has 2 heterocycles. The Balaban J connectivity index is 2.16. The van der Waals surface area contributed by atoms with Gasteiger partial charge in [-0.3, -0.25) is 0 Å². The molecule has 0 amide bonds. The maximum Gasteiger partial charge on any atom is 0.433 e. The Bertz CT molecular complexity index is 629. The second-order valence-electron chi connectivity index (χ2n) is 3.98. The quantitative estimate of drug-likeness (QED) is 0.812. The van der Waals surface area contributed by atoms with Gasteiger partial charge in [0.25, 0.3) is 0 Å². The molecule has 0 fully saturated rings. The van der Waals surface area contributed by atoms with Gasteiger partial charge in [-0.05, 0) is 12.1 Å². The van der Waals surface area contributed by atoms with Gasteiger partial charge in [-0.15, -0.1) is 0 Å². The minimum absolute atomic E-state index is 0.0270. The zero-order valence-electron chi connectivity index (χ0n) is 10.5. The molecule has 0 aliphatic carbocycles. The molecule has 0 bridgehead atoms. The maximum atomic E-state index is 12.7. The molecule has 0 atom stereocenters. The summed E-state index contributed by atoms with van der Waals surface area (Å²) in [5.41, 5.74) is 4.69. The lowest BCUT2D eigenvalue weighted by molar-refractivity contribution is -0.141. The predicted molar refractivity (Wildman–Crippen MR) is 71.6 cm³/mol. The van der Waals surface area contributed by atoms with Crippen LogP contribution in [0.1, 0.15) is 17.1 Å². The number of nitrogens with zero attached hydrogens (tertiary/aromatic N) is 3. The Labute approximate surface area is 122 Å². The molecule has 0 aromatic carbocycles. The Hall–Kier alpha value is -2.23. The average molecular weight is 317 g/mol. The van der Waals surface area contributed by atoms with Crippen molar-refractivity contribution >= 4 is 23.0 Å². The van der Waals surface area contributed by atoms with Crippen LogP contribution in [0.3, 0.4) is 0 Å². The SMILES string of the molecule is NC(=S)c1ccc(C(F)(F)F)nc1NCCc1ncon1. The summed E-state index contributed by atoms with van der Waals surface area (Å²) in [6.07, 6.45) is -3.03. The van der Waals surface area contributed by atoms with Crippen LogP contribution in [0.4, 0.5) is 19.0 Å². The molecule has 112 valence electrons. The number of nitrogens with two attached hydrogens (primary N) is 1. The first-order valence-corrected chi connectivity index (χ1v) is 6.16. The van der Waals surface area contributed by atoms with E-state index in [-0.39, 0.29) is 22.9 Å². The van der Waals surface area contributed by atoms with E-state index in [1.54, 1.807) is 0 Å². The largest absolute Gasteiger partial charge is 0.433 e. The van der Waals surface area contributed by atoms with E-state index < -0.39 is 11.9 Å². The third-order valence-corrected chi connectivity index (χ3v) is 2.72. The monoisotopic (exact) mass is 317 g/mol. The molecule has 0 aliphatic rings. The molecule has 21 heavy (non-hydrogen) atoms. The highest BCUT2D eigenvalue weighted by Crippen LogP contribution is 2.29. The van der Waals surface area contributed by atoms with Crippen molar-refractivity contribution < 1.29 is 17.7 Å². The molecule has 6 nitrogen and oxygen atoms in total. The lowest BCUT2D eigenvalue weighted by Gasteiger charge is -2.13. The van der Waals surface area contributed by atoms with Crippen molar-refractivity contribution in [2.75, 3.05) is 11.9 Å². The molecule has 0 spiro atoms. The van der Waals surface area contributed by atoms with Gasteiger partial charge in [-0.2, -0.15) is 18.2 Å². The summed E-state index contributed by atoms with van der Waals surface area (Å²) in [7, 11) is 0. The van der Waals surface area contributed by atoms with Crippen LogP contribution in [0.15, 0.2) is 23.0 Å². The standard InChI is InChI=1S/C11H10F3N5OS/c12-11(13,14)7-2-1-6(9(15)21)10(18-7)16-4-3-8-17-5-20-19-8/h1-2,5H,3-4H2,(H2,15,21)(H,16,18). The van der Waals surface area contributed by atoms with Crippen molar-refractivity contribution in [1.29, 1.82) is 0 Å². The van der Waals surface area contributed by atoms with Gasteiger partial charge in [0.1, 0.15) is 16.5 Å². The molecule has 0 saturated carbocycles. The van der Waals surface area contributed by atoms with E-state index in [9.17, 15) is 13.2 Å². The van der Waals surface area contributed by atoms with E-state index in [0.29, 0.717) is 12.2 Å². The van der Waals surface area contributed by atoms with E-state index >= 15 is 0 Å². The van der Waals surface area contributed by atoms with Gasteiger partial charge in [0.15, 0.2) is 5.82 Å². The van der Waals surface area contributed by atoms with Gasteiger partial charge >= 0.3 is 6.18 Å². The molecule has 0 unspecified atom stereocenters. The van der Waals surface area contributed by atoms with E-state index in [4.69, 9.17) is 18.0 Å². The van der Waals surface area contributed by atoms with Crippen molar-refractivity contribution in [2.24, 2.45) is 5.73 Å². The summed E-state index contributed by atoms with van der Waals surface area (Å²) in [5, 5.41) is 6.33. The van der Waals surface area contributed by atoms with Gasteiger partial charge in [0.05, 0.1) is 5.56 Å². The van der Waals surface area contributed by atoms with E-state index in [0.717, 1.165) is 12.5 Å². The zero-order chi connectivity index (χ0) is 15.5. The van der Waals surface area contributed by atoms with Gasteiger partial charge in [0.2, 0.25) is 6.39 Å². The summed E-state index contributed by atoms with van der Waals surface area (Å²) in [4.78, 5) is 7.27. The second kappa shape index (κ2) is 6.04. The molecular formula is C11H10F3N5OS. The van der Waals surface area contributed by atoms with Crippen LogP contribution < -0.4 is 11.1 Å². The van der Waals surface area contributed by atoms with Crippen molar-refractivity contribution in [1.82, 2.24) is 15.1 Å². The van der Waals surface area contributed by atoms with Crippen molar-refractivity contribution in [2.45, 2.75) is 12.6 Å². The van der Waals surface area contributed by atoms with Crippen molar-refractivity contribution in [3.8, 4) is 0 Å². The summed E-state index contributed by atoms with van der Waals surface area (Å²) >= 11 is 4.79. The average Bonchev–Trinajstić information content (AvgIpc) is 2.90. The predicted octanol–water partition coefficient (Wildman–Crippen LogP) is 1.77. The fourth-order valence-corrected chi connectivity index (χ4v) is 1.71. The lowest BCUT2D eigenvalue weighted by atomic mass is 10.2. The molecule has 0 aliphatic heterocycles. The third kappa shape index (κ3) is 3.88. The van der Waals surface area contributed by atoms with E-state index in [2.05, 4.69) is 25.0 Å². The van der Waals surface area contributed by atoms with Gasteiger partial charge in [-0.1, -0.05) is 17.4 Å². The number of nitrogens with one attached hydrogen (secondary N) is 1. The first kappa shape index (κ1) is 15.2. The number of rotatable bonds is 5. The highest BCUT2D eigenvalue weighted by atomic mass is 32.1. The lowest BCUT2D eigenvalue weighted by Crippen LogP contribution is -2.18. The second-order valence-corrected chi connectivity index (χ2v) is 4.42. The number of aromatic nitrogens is 3. The number of hydrogen-bond donors (Lipinski definition) is 2. The minimum atomic E-state index is -4.54. The molecule has 2 aromatic rings. The third-order valence-electron chi connectivity index (χ3n) is 2.50. The van der Waals surface area contributed by atoms with Crippen LogP contribution in [0, 0.1) is 0 Å². The summed E-state index contributed by atoms with van der Waals surface area (Å²) in [5.74, 6) is 0.396.